The Hall–Kier alpha value is -2.51. The van der Waals surface area contributed by atoms with Gasteiger partial charge >= 0.3 is 0 Å². The highest BCUT2D eigenvalue weighted by Crippen LogP contribution is 2.30. The number of nitro groups is 1. The first-order valence-corrected chi connectivity index (χ1v) is 8.53. The molecular weight excluding hydrogens is 361 g/mol. The Bertz CT molecular complexity index is 842. The average Bonchev–Trinajstić information content (AvgIpc) is 3.41. The minimum atomic E-state index is -0.579. The topological polar surface area (TPSA) is 75.5 Å². The summed E-state index contributed by atoms with van der Waals surface area (Å²) in [5.41, 5.74) is 0.338. The molecule has 3 rings (SSSR count). The van der Waals surface area contributed by atoms with Crippen LogP contribution in [0.1, 0.15) is 18.4 Å². The summed E-state index contributed by atoms with van der Waals surface area (Å²) >= 11 is 5.87. The standard InChI is InChI=1S/C18H17ClFN3O3/c19-13-5-8-17(23(25)26)16(9-13)21-18(24)11-22(14-6-7-14)10-12-3-1-2-4-15(12)20/h1-5,8-9,14H,6-7,10-11H2,(H,21,24). The number of halogens is 2. The Morgan fingerprint density at radius 1 is 1.31 bits per heavy atom. The van der Waals surface area contributed by atoms with Gasteiger partial charge in [0.15, 0.2) is 0 Å². The molecule has 0 aliphatic heterocycles. The summed E-state index contributed by atoms with van der Waals surface area (Å²) in [5, 5.41) is 13.9. The molecule has 0 saturated heterocycles. The van der Waals surface area contributed by atoms with Gasteiger partial charge in [0.25, 0.3) is 5.69 Å². The fraction of sp³-hybridized carbons (Fsp3) is 0.278. The molecule has 0 atom stereocenters. The van der Waals surface area contributed by atoms with Crippen molar-refractivity contribution in [2.45, 2.75) is 25.4 Å². The highest BCUT2D eigenvalue weighted by molar-refractivity contribution is 6.31. The summed E-state index contributed by atoms with van der Waals surface area (Å²) in [5.74, 6) is -0.720. The van der Waals surface area contributed by atoms with Crippen LogP contribution in [-0.4, -0.2) is 28.3 Å². The third-order valence-corrected chi connectivity index (χ3v) is 4.41. The van der Waals surface area contributed by atoms with E-state index in [-0.39, 0.29) is 34.8 Å². The van der Waals surface area contributed by atoms with E-state index in [4.69, 9.17) is 11.6 Å². The first-order valence-electron chi connectivity index (χ1n) is 8.15. The van der Waals surface area contributed by atoms with Crippen LogP contribution in [0.15, 0.2) is 42.5 Å². The highest BCUT2D eigenvalue weighted by Gasteiger charge is 2.31. The van der Waals surface area contributed by atoms with Crippen LogP contribution < -0.4 is 5.32 Å². The third-order valence-electron chi connectivity index (χ3n) is 4.17. The van der Waals surface area contributed by atoms with E-state index < -0.39 is 10.8 Å². The molecule has 1 fully saturated rings. The molecule has 2 aromatic carbocycles. The molecule has 2 aromatic rings. The van der Waals surface area contributed by atoms with Crippen LogP contribution in [0.3, 0.4) is 0 Å². The molecule has 0 aromatic heterocycles. The molecule has 0 radical (unpaired) electrons. The van der Waals surface area contributed by atoms with Crippen molar-refractivity contribution >= 4 is 28.9 Å². The second-order valence-electron chi connectivity index (χ2n) is 6.19. The molecule has 1 aliphatic rings. The summed E-state index contributed by atoms with van der Waals surface area (Å²) in [6.07, 6.45) is 1.89. The minimum absolute atomic E-state index is 0.0165. The van der Waals surface area contributed by atoms with E-state index in [2.05, 4.69) is 5.32 Å². The van der Waals surface area contributed by atoms with Gasteiger partial charge in [0, 0.05) is 29.2 Å². The van der Waals surface area contributed by atoms with Crippen LogP contribution in [0.25, 0.3) is 0 Å². The van der Waals surface area contributed by atoms with Gasteiger partial charge in [-0.25, -0.2) is 4.39 Å². The Balaban J connectivity index is 1.71. The van der Waals surface area contributed by atoms with E-state index in [1.54, 1.807) is 18.2 Å². The van der Waals surface area contributed by atoms with Gasteiger partial charge in [-0.05, 0) is 31.0 Å². The number of nitrogens with one attached hydrogen (secondary N) is 1. The van der Waals surface area contributed by atoms with Gasteiger partial charge in [-0.3, -0.25) is 19.8 Å². The van der Waals surface area contributed by atoms with Crippen LogP contribution >= 0.6 is 11.6 Å². The zero-order valence-electron chi connectivity index (χ0n) is 13.8. The monoisotopic (exact) mass is 377 g/mol. The zero-order valence-corrected chi connectivity index (χ0v) is 14.6. The molecule has 8 heteroatoms. The maximum atomic E-state index is 13.9. The number of amides is 1. The van der Waals surface area contributed by atoms with Crippen molar-refractivity contribution in [1.82, 2.24) is 4.90 Å². The predicted molar refractivity (Wildman–Crippen MR) is 96.6 cm³/mol. The lowest BCUT2D eigenvalue weighted by atomic mass is 10.2. The average molecular weight is 378 g/mol. The molecule has 6 nitrogen and oxygen atoms in total. The Morgan fingerprint density at radius 3 is 2.69 bits per heavy atom. The van der Waals surface area contributed by atoms with Crippen molar-refractivity contribution in [2.75, 3.05) is 11.9 Å². The molecule has 0 spiro atoms. The number of nitrogens with zero attached hydrogens (tertiary/aromatic N) is 2. The Labute approximate surface area is 154 Å². The van der Waals surface area contributed by atoms with E-state index in [1.165, 1.54) is 24.3 Å². The molecule has 136 valence electrons. The van der Waals surface area contributed by atoms with Crippen molar-refractivity contribution in [3.05, 3.63) is 69.0 Å². The third kappa shape index (κ3) is 4.56. The second-order valence-corrected chi connectivity index (χ2v) is 6.63. The molecule has 1 amide bonds. The SMILES string of the molecule is O=C(CN(Cc1ccccc1F)C1CC1)Nc1cc(Cl)ccc1[N+](=O)[O-]. The van der Waals surface area contributed by atoms with E-state index in [0.29, 0.717) is 12.1 Å². The molecule has 1 saturated carbocycles. The van der Waals surface area contributed by atoms with Gasteiger partial charge in [0.2, 0.25) is 5.91 Å². The van der Waals surface area contributed by atoms with Crippen molar-refractivity contribution < 1.29 is 14.1 Å². The van der Waals surface area contributed by atoms with E-state index >= 15 is 0 Å². The van der Waals surface area contributed by atoms with Crippen molar-refractivity contribution in [2.24, 2.45) is 0 Å². The van der Waals surface area contributed by atoms with Gasteiger partial charge in [0.05, 0.1) is 11.5 Å². The van der Waals surface area contributed by atoms with E-state index in [1.807, 2.05) is 4.90 Å². The van der Waals surface area contributed by atoms with Crippen molar-refractivity contribution in [3.8, 4) is 0 Å². The van der Waals surface area contributed by atoms with Gasteiger partial charge < -0.3 is 5.32 Å². The van der Waals surface area contributed by atoms with Crippen LogP contribution in [0, 0.1) is 15.9 Å². The quantitative estimate of drug-likeness (QED) is 0.584. The fourth-order valence-electron chi connectivity index (χ4n) is 2.74. The largest absolute Gasteiger partial charge is 0.319 e. The highest BCUT2D eigenvalue weighted by atomic mass is 35.5. The molecule has 26 heavy (non-hydrogen) atoms. The molecule has 0 unspecified atom stereocenters. The number of nitro benzene ring substituents is 1. The molecule has 0 bridgehead atoms. The summed E-state index contributed by atoms with van der Waals surface area (Å²) in [6.45, 7) is 0.324. The number of carbonyl (C=O) groups excluding carboxylic acids is 1. The number of benzene rings is 2. The molecule has 1 aliphatic carbocycles. The van der Waals surface area contributed by atoms with Crippen molar-refractivity contribution in [1.29, 1.82) is 0 Å². The lowest BCUT2D eigenvalue weighted by molar-refractivity contribution is -0.383. The van der Waals surface area contributed by atoms with Gasteiger partial charge in [-0.1, -0.05) is 29.8 Å². The predicted octanol–water partition coefficient (Wildman–Crippen LogP) is 3.99. The number of anilines is 1. The Kier molecular flexibility index (Phi) is 5.49. The maximum absolute atomic E-state index is 13.9. The van der Waals surface area contributed by atoms with Crippen LogP contribution in [0.5, 0.6) is 0 Å². The lowest BCUT2D eigenvalue weighted by Gasteiger charge is -2.21. The summed E-state index contributed by atoms with van der Waals surface area (Å²) < 4.78 is 13.9. The number of carbonyl (C=O) groups is 1. The van der Waals surface area contributed by atoms with Gasteiger partial charge in [0.1, 0.15) is 11.5 Å². The molecule has 1 N–H and O–H groups in total. The zero-order chi connectivity index (χ0) is 18.7. The smallest absolute Gasteiger partial charge is 0.292 e. The number of hydrogen-bond donors (Lipinski definition) is 1. The summed E-state index contributed by atoms with van der Waals surface area (Å²) in [4.78, 5) is 24.8. The van der Waals surface area contributed by atoms with Crippen LogP contribution in [0.2, 0.25) is 5.02 Å². The number of rotatable bonds is 7. The summed E-state index contributed by atoms with van der Waals surface area (Å²) in [6, 6.07) is 10.6. The van der Waals surface area contributed by atoms with E-state index in [0.717, 1.165) is 12.8 Å². The first kappa shape index (κ1) is 18.3. The number of hydrogen-bond acceptors (Lipinski definition) is 4. The van der Waals surface area contributed by atoms with E-state index in [9.17, 15) is 19.3 Å². The second kappa shape index (κ2) is 7.80. The van der Waals surface area contributed by atoms with Crippen LogP contribution in [-0.2, 0) is 11.3 Å². The minimum Gasteiger partial charge on any atom is -0.319 e. The Morgan fingerprint density at radius 2 is 2.04 bits per heavy atom. The molecule has 0 heterocycles. The molecular formula is C18H17ClFN3O3. The lowest BCUT2D eigenvalue weighted by Crippen LogP contribution is -2.34. The maximum Gasteiger partial charge on any atom is 0.292 e. The van der Waals surface area contributed by atoms with Gasteiger partial charge in [-0.2, -0.15) is 0 Å². The summed E-state index contributed by atoms with van der Waals surface area (Å²) in [7, 11) is 0. The van der Waals surface area contributed by atoms with Crippen molar-refractivity contribution in [3.63, 3.8) is 0 Å². The normalized spacial score (nSPS) is 13.7. The van der Waals surface area contributed by atoms with Gasteiger partial charge in [-0.15, -0.1) is 0 Å². The fourth-order valence-corrected chi connectivity index (χ4v) is 2.91. The first-order chi connectivity index (χ1) is 12.4. The van der Waals surface area contributed by atoms with Crippen LogP contribution in [0.4, 0.5) is 15.8 Å².